The molecule has 170 valence electrons. The van der Waals surface area contributed by atoms with Crippen molar-refractivity contribution in [3.05, 3.63) is 126 Å². The quantitative estimate of drug-likeness (QED) is 0.281. The number of para-hydroxylation sites is 2. The van der Waals surface area contributed by atoms with Crippen LogP contribution in [0.15, 0.2) is 125 Å². The topological polar surface area (TPSA) is 42.5 Å². The standard InChI is InChI=1S/C32H21N3O/c1-2-10-20(11-3-1)30-29-24-15-7-9-17-28(24)36-31(29)34-32(33-30)35-26-16-8-6-14-23(26)25-18-21-12-4-5-13-22(21)19-27(25)35/h1-19,32,34H. The second-order valence-corrected chi connectivity index (χ2v) is 9.27. The Kier molecular flexibility index (Phi) is 3.97. The molecule has 36 heavy (non-hydrogen) atoms. The highest BCUT2D eigenvalue weighted by atomic mass is 16.4. The molecule has 0 amide bonds. The van der Waals surface area contributed by atoms with E-state index >= 15 is 0 Å². The van der Waals surface area contributed by atoms with Gasteiger partial charge in [0, 0.05) is 21.7 Å². The summed E-state index contributed by atoms with van der Waals surface area (Å²) in [5.74, 6) is 0.752. The number of benzene rings is 5. The van der Waals surface area contributed by atoms with Crippen molar-refractivity contribution < 1.29 is 4.42 Å². The molecule has 0 radical (unpaired) electrons. The summed E-state index contributed by atoms with van der Waals surface area (Å²) >= 11 is 0. The van der Waals surface area contributed by atoms with Gasteiger partial charge in [-0.3, -0.25) is 0 Å². The Morgan fingerprint density at radius 1 is 0.639 bits per heavy atom. The summed E-state index contributed by atoms with van der Waals surface area (Å²) in [6.07, 6.45) is -0.364. The van der Waals surface area contributed by atoms with Crippen LogP contribution in [0.25, 0.3) is 43.5 Å². The van der Waals surface area contributed by atoms with Crippen molar-refractivity contribution in [1.82, 2.24) is 4.57 Å². The lowest BCUT2D eigenvalue weighted by atomic mass is 9.99. The largest absolute Gasteiger partial charge is 0.440 e. The highest BCUT2D eigenvalue weighted by Gasteiger charge is 2.29. The fraction of sp³-hybridized carbons (Fsp3) is 0.0312. The van der Waals surface area contributed by atoms with Crippen LogP contribution in [-0.4, -0.2) is 10.3 Å². The second kappa shape index (κ2) is 7.33. The average Bonchev–Trinajstić information content (AvgIpc) is 3.47. The van der Waals surface area contributed by atoms with E-state index < -0.39 is 0 Å². The first-order chi connectivity index (χ1) is 17.8. The van der Waals surface area contributed by atoms with Crippen LogP contribution in [0.2, 0.25) is 0 Å². The lowest BCUT2D eigenvalue weighted by molar-refractivity contribution is 0.561. The van der Waals surface area contributed by atoms with Crippen molar-refractivity contribution >= 4 is 55.1 Å². The average molecular weight is 464 g/mol. The molecule has 2 aromatic heterocycles. The summed E-state index contributed by atoms with van der Waals surface area (Å²) in [6.45, 7) is 0. The van der Waals surface area contributed by atoms with Gasteiger partial charge >= 0.3 is 0 Å². The third-order valence-electron chi connectivity index (χ3n) is 7.21. The number of furan rings is 1. The number of rotatable bonds is 2. The van der Waals surface area contributed by atoms with Crippen molar-refractivity contribution in [2.24, 2.45) is 4.99 Å². The molecule has 0 spiro atoms. The number of hydrogen-bond donors (Lipinski definition) is 1. The van der Waals surface area contributed by atoms with E-state index in [1.54, 1.807) is 0 Å². The van der Waals surface area contributed by atoms with E-state index in [1.807, 2.05) is 24.3 Å². The van der Waals surface area contributed by atoms with E-state index in [-0.39, 0.29) is 6.29 Å². The predicted molar refractivity (Wildman–Crippen MR) is 148 cm³/mol. The van der Waals surface area contributed by atoms with Gasteiger partial charge in [0.25, 0.3) is 0 Å². The van der Waals surface area contributed by atoms with Crippen LogP contribution in [0.3, 0.4) is 0 Å². The van der Waals surface area contributed by atoms with Gasteiger partial charge in [-0.2, -0.15) is 0 Å². The third-order valence-corrected chi connectivity index (χ3v) is 7.21. The zero-order chi connectivity index (χ0) is 23.6. The van der Waals surface area contributed by atoms with Crippen LogP contribution in [0, 0.1) is 0 Å². The van der Waals surface area contributed by atoms with Crippen LogP contribution in [0.1, 0.15) is 17.4 Å². The Morgan fingerprint density at radius 3 is 2.19 bits per heavy atom. The minimum atomic E-state index is -0.364. The van der Waals surface area contributed by atoms with E-state index in [2.05, 4.69) is 101 Å². The first-order valence-corrected chi connectivity index (χ1v) is 12.2. The minimum absolute atomic E-state index is 0.364. The van der Waals surface area contributed by atoms with Gasteiger partial charge in [0.2, 0.25) is 12.2 Å². The van der Waals surface area contributed by atoms with Crippen LogP contribution in [-0.2, 0) is 0 Å². The van der Waals surface area contributed by atoms with E-state index in [0.717, 1.165) is 44.7 Å². The van der Waals surface area contributed by atoms with Crippen LogP contribution >= 0.6 is 0 Å². The van der Waals surface area contributed by atoms with Crippen molar-refractivity contribution in [3.8, 4) is 0 Å². The first kappa shape index (κ1) is 19.5. The molecular weight excluding hydrogens is 442 g/mol. The van der Waals surface area contributed by atoms with Gasteiger partial charge in [-0.1, -0.05) is 91.0 Å². The molecule has 0 saturated carbocycles. The summed E-state index contributed by atoms with van der Waals surface area (Å²) in [6, 6.07) is 40.2. The Hall–Kier alpha value is -4.83. The molecule has 1 aliphatic heterocycles. The van der Waals surface area contributed by atoms with Gasteiger partial charge in [0.1, 0.15) is 5.58 Å². The van der Waals surface area contributed by atoms with Gasteiger partial charge in [-0.15, -0.1) is 0 Å². The second-order valence-electron chi connectivity index (χ2n) is 9.27. The van der Waals surface area contributed by atoms with Crippen molar-refractivity contribution in [2.75, 3.05) is 5.32 Å². The van der Waals surface area contributed by atoms with E-state index in [1.165, 1.54) is 21.5 Å². The number of anilines is 1. The number of fused-ring (bicyclic) bond motifs is 7. The van der Waals surface area contributed by atoms with Gasteiger partial charge in [0.05, 0.1) is 22.3 Å². The van der Waals surface area contributed by atoms with Crippen LogP contribution in [0.4, 0.5) is 5.88 Å². The number of nitrogens with one attached hydrogen (secondary N) is 1. The third kappa shape index (κ3) is 2.72. The normalized spacial score (nSPS) is 15.3. The highest BCUT2D eigenvalue weighted by Crippen LogP contribution is 2.41. The lowest BCUT2D eigenvalue weighted by Gasteiger charge is -2.25. The Balaban J connectivity index is 1.45. The molecule has 0 saturated heterocycles. The number of aliphatic imine (C=N–C) groups is 1. The maximum absolute atomic E-state index is 6.36. The molecular formula is C32H21N3O. The summed E-state index contributed by atoms with van der Waals surface area (Å²) in [7, 11) is 0. The maximum Gasteiger partial charge on any atom is 0.206 e. The summed E-state index contributed by atoms with van der Waals surface area (Å²) in [4.78, 5) is 5.35. The lowest BCUT2D eigenvalue weighted by Crippen LogP contribution is -2.24. The monoisotopic (exact) mass is 463 g/mol. The van der Waals surface area contributed by atoms with Gasteiger partial charge < -0.3 is 14.3 Å². The van der Waals surface area contributed by atoms with Crippen LogP contribution < -0.4 is 5.32 Å². The molecule has 0 bridgehead atoms. The Bertz CT molecular complexity index is 1980. The number of hydrogen-bond acceptors (Lipinski definition) is 3. The van der Waals surface area contributed by atoms with Gasteiger partial charge in [0.15, 0.2) is 0 Å². The molecule has 5 aromatic carbocycles. The Labute approximate surface area is 207 Å². The van der Waals surface area contributed by atoms with Gasteiger partial charge in [-0.05, 0) is 35.0 Å². The molecule has 1 unspecified atom stereocenters. The van der Waals surface area contributed by atoms with Crippen molar-refractivity contribution in [3.63, 3.8) is 0 Å². The molecule has 7 aromatic rings. The summed E-state index contributed by atoms with van der Waals surface area (Å²) < 4.78 is 8.66. The first-order valence-electron chi connectivity index (χ1n) is 12.2. The predicted octanol–water partition coefficient (Wildman–Crippen LogP) is 8.11. The maximum atomic E-state index is 6.36. The highest BCUT2D eigenvalue weighted by molar-refractivity contribution is 6.23. The van der Waals surface area contributed by atoms with E-state index in [4.69, 9.17) is 9.41 Å². The van der Waals surface area contributed by atoms with Gasteiger partial charge in [-0.25, -0.2) is 4.99 Å². The minimum Gasteiger partial charge on any atom is -0.440 e. The molecule has 1 atom stereocenters. The molecule has 8 rings (SSSR count). The Morgan fingerprint density at radius 2 is 1.33 bits per heavy atom. The van der Waals surface area contributed by atoms with Crippen molar-refractivity contribution in [1.29, 1.82) is 0 Å². The van der Waals surface area contributed by atoms with E-state index in [9.17, 15) is 0 Å². The van der Waals surface area contributed by atoms with E-state index in [0.29, 0.717) is 0 Å². The fourth-order valence-electron chi connectivity index (χ4n) is 5.60. The molecule has 4 nitrogen and oxygen atoms in total. The number of aromatic nitrogens is 1. The van der Waals surface area contributed by atoms with Crippen LogP contribution in [0.5, 0.6) is 0 Å². The molecule has 0 aliphatic carbocycles. The molecule has 1 aliphatic rings. The fourth-order valence-corrected chi connectivity index (χ4v) is 5.60. The summed E-state index contributed by atoms with van der Waals surface area (Å²) in [5, 5.41) is 9.57. The zero-order valence-corrected chi connectivity index (χ0v) is 19.3. The molecule has 1 N–H and O–H groups in total. The molecule has 4 heteroatoms. The zero-order valence-electron chi connectivity index (χ0n) is 19.3. The smallest absolute Gasteiger partial charge is 0.206 e. The molecule has 0 fully saturated rings. The SMILES string of the molecule is c1ccc(C2=NC(n3c4ccccc4c4cc5ccccc5cc43)Nc3oc4ccccc4c32)cc1. The molecule has 3 heterocycles. The number of nitrogens with zero attached hydrogens (tertiary/aromatic N) is 2. The summed E-state index contributed by atoms with van der Waals surface area (Å²) in [5.41, 5.74) is 6.15. The van der Waals surface area contributed by atoms with Crippen molar-refractivity contribution in [2.45, 2.75) is 6.29 Å².